The third kappa shape index (κ3) is 3.12. The molecule has 3 aliphatic rings. The summed E-state index contributed by atoms with van der Waals surface area (Å²) in [7, 11) is 1.61. The standard InChI is InChI=1S/C18H21ClN4O2/c1-21-18(24)17(19)16(10-20-21)22-11-13-9-14(12-22)23(13)7-8-25-15-5-3-2-4-6-15/h2-6,10,13-14H,7-9,11-12H2,1H3. The van der Waals surface area contributed by atoms with E-state index in [0.29, 0.717) is 18.7 Å². The SMILES string of the molecule is Cn1ncc(N2CC3CC(C2)N3CCOc2ccccc2)c(Cl)c1=O. The van der Waals surface area contributed by atoms with E-state index >= 15 is 0 Å². The first-order valence-electron chi connectivity index (χ1n) is 8.54. The highest BCUT2D eigenvalue weighted by molar-refractivity contribution is 6.33. The van der Waals surface area contributed by atoms with E-state index in [-0.39, 0.29) is 10.6 Å². The lowest BCUT2D eigenvalue weighted by Crippen LogP contribution is -2.69. The van der Waals surface area contributed by atoms with Gasteiger partial charge in [-0.05, 0) is 18.6 Å². The van der Waals surface area contributed by atoms with Gasteiger partial charge in [-0.15, -0.1) is 0 Å². The van der Waals surface area contributed by atoms with Gasteiger partial charge in [0.25, 0.3) is 5.56 Å². The van der Waals surface area contributed by atoms with Gasteiger partial charge in [0.05, 0.1) is 11.9 Å². The van der Waals surface area contributed by atoms with Crippen LogP contribution in [0.5, 0.6) is 5.75 Å². The van der Waals surface area contributed by atoms with Crippen LogP contribution in [0.3, 0.4) is 0 Å². The Labute approximate surface area is 151 Å². The molecule has 7 heteroatoms. The van der Waals surface area contributed by atoms with Crippen molar-refractivity contribution in [3.05, 3.63) is 51.9 Å². The molecule has 2 atom stereocenters. The van der Waals surface area contributed by atoms with Gasteiger partial charge in [-0.2, -0.15) is 5.10 Å². The van der Waals surface area contributed by atoms with Crippen LogP contribution in [0.2, 0.25) is 5.02 Å². The van der Waals surface area contributed by atoms with Crippen molar-refractivity contribution in [2.75, 3.05) is 31.1 Å². The quantitative estimate of drug-likeness (QED) is 0.813. The van der Waals surface area contributed by atoms with Gasteiger partial charge in [0, 0.05) is 38.8 Å². The first kappa shape index (κ1) is 16.4. The van der Waals surface area contributed by atoms with Crippen LogP contribution < -0.4 is 15.2 Å². The molecule has 0 saturated carbocycles. The summed E-state index contributed by atoms with van der Waals surface area (Å²) < 4.78 is 7.07. The second-order valence-electron chi connectivity index (χ2n) is 6.62. The van der Waals surface area contributed by atoms with Gasteiger partial charge in [0.2, 0.25) is 0 Å². The van der Waals surface area contributed by atoms with Gasteiger partial charge in [-0.25, -0.2) is 4.68 Å². The van der Waals surface area contributed by atoms with Crippen LogP contribution in [0, 0.1) is 0 Å². The number of nitrogens with zero attached hydrogens (tertiary/aromatic N) is 4. The highest BCUT2D eigenvalue weighted by Gasteiger charge is 2.44. The van der Waals surface area contributed by atoms with Crippen LogP contribution in [-0.4, -0.2) is 53.0 Å². The fourth-order valence-electron chi connectivity index (χ4n) is 3.76. The van der Waals surface area contributed by atoms with Crippen molar-refractivity contribution in [3.8, 4) is 5.75 Å². The molecule has 3 aliphatic heterocycles. The van der Waals surface area contributed by atoms with E-state index in [1.165, 1.54) is 11.1 Å². The third-order valence-electron chi connectivity index (χ3n) is 5.11. The third-order valence-corrected chi connectivity index (χ3v) is 5.46. The number of piperazine rings is 1. The zero-order valence-electron chi connectivity index (χ0n) is 14.1. The highest BCUT2D eigenvalue weighted by atomic mass is 35.5. The second kappa shape index (κ2) is 6.69. The molecule has 0 amide bonds. The summed E-state index contributed by atoms with van der Waals surface area (Å²) in [6.07, 6.45) is 2.88. The monoisotopic (exact) mass is 360 g/mol. The Hall–Kier alpha value is -2.05. The molecule has 25 heavy (non-hydrogen) atoms. The predicted molar refractivity (Wildman–Crippen MR) is 97.5 cm³/mol. The van der Waals surface area contributed by atoms with Crippen molar-refractivity contribution in [3.63, 3.8) is 0 Å². The molecule has 2 aromatic rings. The lowest BCUT2D eigenvalue weighted by atomic mass is 9.87. The van der Waals surface area contributed by atoms with Crippen LogP contribution >= 0.6 is 11.6 Å². The maximum Gasteiger partial charge on any atom is 0.287 e. The molecule has 3 fully saturated rings. The Morgan fingerprint density at radius 3 is 2.68 bits per heavy atom. The van der Waals surface area contributed by atoms with Crippen molar-refractivity contribution in [1.82, 2.24) is 14.7 Å². The number of aryl methyl sites for hydroxylation is 1. The van der Waals surface area contributed by atoms with Crippen LogP contribution in [0.25, 0.3) is 0 Å². The van der Waals surface area contributed by atoms with Gasteiger partial charge >= 0.3 is 0 Å². The molecule has 2 unspecified atom stereocenters. The van der Waals surface area contributed by atoms with E-state index in [4.69, 9.17) is 16.3 Å². The van der Waals surface area contributed by atoms with Crippen LogP contribution in [0.1, 0.15) is 6.42 Å². The normalized spacial score (nSPS) is 22.6. The van der Waals surface area contributed by atoms with Gasteiger partial charge in [0.1, 0.15) is 17.4 Å². The molecule has 0 spiro atoms. The maximum absolute atomic E-state index is 12.0. The number of piperidine rings is 1. The van der Waals surface area contributed by atoms with Crippen molar-refractivity contribution >= 4 is 17.3 Å². The topological polar surface area (TPSA) is 50.6 Å². The minimum absolute atomic E-state index is 0.244. The number of para-hydroxylation sites is 1. The molecular weight excluding hydrogens is 340 g/mol. The first-order valence-corrected chi connectivity index (χ1v) is 8.91. The molecule has 0 aliphatic carbocycles. The Kier molecular flexibility index (Phi) is 4.39. The van der Waals surface area contributed by atoms with Crippen molar-refractivity contribution < 1.29 is 4.74 Å². The van der Waals surface area contributed by atoms with Gasteiger partial charge in [0.15, 0.2) is 0 Å². The number of hydrogen-bond acceptors (Lipinski definition) is 5. The van der Waals surface area contributed by atoms with Crippen molar-refractivity contribution in [2.45, 2.75) is 18.5 Å². The second-order valence-corrected chi connectivity index (χ2v) is 7.00. The largest absolute Gasteiger partial charge is 0.492 e. The fourth-order valence-corrected chi connectivity index (χ4v) is 4.05. The summed E-state index contributed by atoms with van der Waals surface area (Å²) >= 11 is 6.23. The Morgan fingerprint density at radius 1 is 1.24 bits per heavy atom. The van der Waals surface area contributed by atoms with E-state index in [0.717, 1.165) is 31.1 Å². The zero-order valence-corrected chi connectivity index (χ0v) is 14.9. The van der Waals surface area contributed by atoms with Crippen molar-refractivity contribution in [1.29, 1.82) is 0 Å². The smallest absolute Gasteiger partial charge is 0.287 e. The summed E-state index contributed by atoms with van der Waals surface area (Å²) in [6, 6.07) is 10.9. The van der Waals surface area contributed by atoms with E-state index < -0.39 is 0 Å². The molecule has 1 aromatic carbocycles. The summed E-state index contributed by atoms with van der Waals surface area (Å²) in [5, 5.41) is 4.36. The molecule has 3 saturated heterocycles. The lowest BCUT2D eigenvalue weighted by molar-refractivity contribution is -0.00967. The number of rotatable bonds is 5. The van der Waals surface area contributed by atoms with E-state index in [2.05, 4.69) is 14.9 Å². The number of aromatic nitrogens is 2. The van der Waals surface area contributed by atoms with Crippen molar-refractivity contribution in [2.24, 2.45) is 7.05 Å². The van der Waals surface area contributed by atoms with Crippen LogP contribution in [0.4, 0.5) is 5.69 Å². The molecule has 0 N–H and O–H groups in total. The number of fused-ring (bicyclic) bond motifs is 2. The Bertz CT molecular complexity index is 798. The first-order chi connectivity index (χ1) is 12.1. The molecule has 4 heterocycles. The van der Waals surface area contributed by atoms with Crippen LogP contribution in [0.15, 0.2) is 41.3 Å². The molecule has 5 rings (SSSR count). The number of ether oxygens (including phenoxy) is 1. The minimum Gasteiger partial charge on any atom is -0.492 e. The van der Waals surface area contributed by atoms with E-state index in [9.17, 15) is 4.79 Å². The number of halogens is 1. The Morgan fingerprint density at radius 2 is 1.96 bits per heavy atom. The summed E-state index contributed by atoms with van der Waals surface area (Å²) in [5.41, 5.74) is 0.506. The molecule has 1 aromatic heterocycles. The summed E-state index contributed by atoms with van der Waals surface area (Å²) in [6.45, 7) is 3.35. The number of hydrogen-bond donors (Lipinski definition) is 0. The van der Waals surface area contributed by atoms with E-state index in [1.807, 2.05) is 30.3 Å². The van der Waals surface area contributed by atoms with Gasteiger partial charge in [-0.3, -0.25) is 9.69 Å². The summed E-state index contributed by atoms with van der Waals surface area (Å²) in [4.78, 5) is 16.7. The molecule has 2 bridgehead atoms. The number of anilines is 1. The average Bonchev–Trinajstić information content (AvgIpc) is 2.64. The highest BCUT2D eigenvalue weighted by Crippen LogP contribution is 2.35. The Balaban J connectivity index is 1.35. The molecule has 0 radical (unpaired) electrons. The lowest BCUT2D eigenvalue weighted by Gasteiger charge is -2.57. The zero-order chi connectivity index (χ0) is 17.4. The number of benzene rings is 1. The van der Waals surface area contributed by atoms with E-state index in [1.54, 1.807) is 13.2 Å². The molecule has 6 nitrogen and oxygen atoms in total. The predicted octanol–water partition coefficient (Wildman–Crippen LogP) is 1.78. The van der Waals surface area contributed by atoms with Gasteiger partial charge < -0.3 is 9.64 Å². The summed E-state index contributed by atoms with van der Waals surface area (Å²) in [5.74, 6) is 0.910. The molecular formula is C18H21ClN4O2. The maximum atomic E-state index is 12.0. The fraction of sp³-hybridized carbons (Fsp3) is 0.444. The average molecular weight is 361 g/mol. The van der Waals surface area contributed by atoms with Gasteiger partial charge in [-0.1, -0.05) is 29.8 Å². The van der Waals surface area contributed by atoms with Crippen LogP contribution in [-0.2, 0) is 7.05 Å². The molecule has 132 valence electrons. The minimum atomic E-state index is -0.244.